The van der Waals surface area contributed by atoms with Gasteiger partial charge in [0.15, 0.2) is 0 Å². The third-order valence-electron chi connectivity index (χ3n) is 4.65. The molecule has 1 unspecified atom stereocenters. The molecule has 0 aromatic heterocycles. The largest absolute Gasteiger partial charge is 0.358 e. The molecule has 1 saturated heterocycles. The van der Waals surface area contributed by atoms with Gasteiger partial charge in [0.05, 0.1) is 0 Å². The van der Waals surface area contributed by atoms with Gasteiger partial charge in [-0.2, -0.15) is 0 Å². The number of piperazine rings is 1. The SMILES string of the molecule is CNC(=O)C1CN(C(=O)c2ccc(F)cc2)CCN1Cc1ccccc1. The summed E-state index contributed by atoms with van der Waals surface area (Å²) in [6.45, 7) is 2.08. The van der Waals surface area contributed by atoms with Crippen LogP contribution in [0.3, 0.4) is 0 Å². The number of benzene rings is 2. The third kappa shape index (κ3) is 4.08. The smallest absolute Gasteiger partial charge is 0.253 e. The van der Waals surface area contributed by atoms with Gasteiger partial charge in [0.25, 0.3) is 5.91 Å². The molecule has 1 N–H and O–H groups in total. The van der Waals surface area contributed by atoms with Crippen molar-refractivity contribution in [2.45, 2.75) is 12.6 Å². The maximum absolute atomic E-state index is 13.1. The van der Waals surface area contributed by atoms with Crippen LogP contribution >= 0.6 is 0 Å². The van der Waals surface area contributed by atoms with Crippen LogP contribution in [-0.4, -0.2) is 54.3 Å². The van der Waals surface area contributed by atoms with Crippen molar-refractivity contribution >= 4 is 11.8 Å². The minimum absolute atomic E-state index is 0.113. The molecule has 5 nitrogen and oxygen atoms in total. The summed E-state index contributed by atoms with van der Waals surface area (Å²) in [5, 5.41) is 2.69. The summed E-state index contributed by atoms with van der Waals surface area (Å²) in [5.74, 6) is -0.673. The van der Waals surface area contributed by atoms with Crippen LogP contribution in [0.5, 0.6) is 0 Å². The second-order valence-electron chi connectivity index (χ2n) is 6.34. The van der Waals surface area contributed by atoms with Gasteiger partial charge in [-0.3, -0.25) is 14.5 Å². The maximum Gasteiger partial charge on any atom is 0.253 e. The lowest BCUT2D eigenvalue weighted by molar-refractivity contribution is -0.128. The molecule has 136 valence electrons. The molecule has 1 heterocycles. The van der Waals surface area contributed by atoms with Crippen LogP contribution in [0.2, 0.25) is 0 Å². The van der Waals surface area contributed by atoms with Gasteiger partial charge in [-0.05, 0) is 29.8 Å². The molecule has 26 heavy (non-hydrogen) atoms. The minimum Gasteiger partial charge on any atom is -0.358 e. The summed E-state index contributed by atoms with van der Waals surface area (Å²) in [5.41, 5.74) is 1.55. The molecule has 0 saturated carbocycles. The van der Waals surface area contributed by atoms with Gasteiger partial charge in [0, 0.05) is 38.8 Å². The molecule has 1 fully saturated rings. The lowest BCUT2D eigenvalue weighted by Crippen LogP contribution is -2.59. The highest BCUT2D eigenvalue weighted by Crippen LogP contribution is 2.17. The van der Waals surface area contributed by atoms with Crippen molar-refractivity contribution in [2.75, 3.05) is 26.7 Å². The van der Waals surface area contributed by atoms with E-state index in [-0.39, 0.29) is 17.6 Å². The van der Waals surface area contributed by atoms with Crippen LogP contribution in [-0.2, 0) is 11.3 Å². The van der Waals surface area contributed by atoms with E-state index in [9.17, 15) is 14.0 Å². The van der Waals surface area contributed by atoms with Crippen molar-refractivity contribution in [1.29, 1.82) is 0 Å². The van der Waals surface area contributed by atoms with E-state index >= 15 is 0 Å². The number of carbonyl (C=O) groups is 2. The van der Waals surface area contributed by atoms with E-state index in [0.717, 1.165) is 5.56 Å². The Balaban J connectivity index is 1.74. The Kier molecular flexibility index (Phi) is 5.63. The zero-order valence-corrected chi connectivity index (χ0v) is 14.7. The van der Waals surface area contributed by atoms with Gasteiger partial charge >= 0.3 is 0 Å². The molecule has 2 aromatic rings. The van der Waals surface area contributed by atoms with Crippen LogP contribution < -0.4 is 5.32 Å². The van der Waals surface area contributed by atoms with Gasteiger partial charge in [-0.1, -0.05) is 30.3 Å². The molecule has 1 aliphatic rings. The Bertz CT molecular complexity index is 764. The van der Waals surface area contributed by atoms with Gasteiger partial charge in [-0.25, -0.2) is 4.39 Å². The van der Waals surface area contributed by atoms with E-state index in [0.29, 0.717) is 31.7 Å². The predicted molar refractivity (Wildman–Crippen MR) is 97.0 cm³/mol. The Labute approximate surface area is 152 Å². The zero-order chi connectivity index (χ0) is 18.5. The molecule has 2 aromatic carbocycles. The Morgan fingerprint density at radius 2 is 1.77 bits per heavy atom. The summed E-state index contributed by atoms with van der Waals surface area (Å²) < 4.78 is 13.1. The van der Waals surface area contributed by atoms with E-state index in [1.807, 2.05) is 30.3 Å². The molecular formula is C20H22FN3O2. The summed E-state index contributed by atoms with van der Waals surface area (Å²) in [6.07, 6.45) is 0. The summed E-state index contributed by atoms with van der Waals surface area (Å²) in [6, 6.07) is 15.0. The average Bonchev–Trinajstić information content (AvgIpc) is 2.68. The highest BCUT2D eigenvalue weighted by molar-refractivity contribution is 5.95. The lowest BCUT2D eigenvalue weighted by atomic mass is 10.1. The summed E-state index contributed by atoms with van der Waals surface area (Å²) in [4.78, 5) is 28.8. The first-order valence-corrected chi connectivity index (χ1v) is 8.63. The quantitative estimate of drug-likeness (QED) is 0.911. The van der Waals surface area contributed by atoms with Crippen molar-refractivity contribution in [3.8, 4) is 0 Å². The Hall–Kier alpha value is -2.73. The molecule has 2 amide bonds. The van der Waals surface area contributed by atoms with Crippen LogP contribution in [0.15, 0.2) is 54.6 Å². The van der Waals surface area contributed by atoms with E-state index in [2.05, 4.69) is 10.2 Å². The number of halogens is 1. The first-order chi connectivity index (χ1) is 12.6. The molecule has 0 bridgehead atoms. The van der Waals surface area contributed by atoms with Crippen LogP contribution in [0.25, 0.3) is 0 Å². The van der Waals surface area contributed by atoms with Gasteiger partial charge in [0.2, 0.25) is 5.91 Å². The molecule has 0 spiro atoms. The highest BCUT2D eigenvalue weighted by atomic mass is 19.1. The van der Waals surface area contributed by atoms with E-state index < -0.39 is 6.04 Å². The first kappa shape index (κ1) is 18.1. The number of nitrogens with zero attached hydrogens (tertiary/aromatic N) is 2. The van der Waals surface area contributed by atoms with E-state index in [4.69, 9.17) is 0 Å². The van der Waals surface area contributed by atoms with Crippen molar-refractivity contribution in [3.63, 3.8) is 0 Å². The van der Waals surface area contributed by atoms with Crippen molar-refractivity contribution in [2.24, 2.45) is 0 Å². The van der Waals surface area contributed by atoms with Crippen LogP contribution in [0.1, 0.15) is 15.9 Å². The van der Waals surface area contributed by atoms with E-state index in [1.54, 1.807) is 11.9 Å². The van der Waals surface area contributed by atoms with Gasteiger partial charge in [0.1, 0.15) is 11.9 Å². The Morgan fingerprint density at radius 1 is 1.08 bits per heavy atom. The number of likely N-dealkylation sites (N-methyl/N-ethyl adjacent to an activating group) is 1. The maximum atomic E-state index is 13.1. The minimum atomic E-state index is -0.418. The first-order valence-electron chi connectivity index (χ1n) is 8.63. The number of carbonyl (C=O) groups excluding carboxylic acids is 2. The van der Waals surface area contributed by atoms with E-state index in [1.165, 1.54) is 24.3 Å². The zero-order valence-electron chi connectivity index (χ0n) is 14.7. The number of hydrogen-bond acceptors (Lipinski definition) is 3. The van der Waals surface area contributed by atoms with Crippen LogP contribution in [0.4, 0.5) is 4.39 Å². The fourth-order valence-electron chi connectivity index (χ4n) is 3.20. The summed E-state index contributed by atoms with van der Waals surface area (Å²) in [7, 11) is 1.60. The number of rotatable bonds is 4. The summed E-state index contributed by atoms with van der Waals surface area (Å²) >= 11 is 0. The molecule has 1 atom stereocenters. The van der Waals surface area contributed by atoms with Crippen molar-refractivity contribution in [3.05, 3.63) is 71.5 Å². The van der Waals surface area contributed by atoms with Crippen LogP contribution in [0, 0.1) is 5.82 Å². The average molecular weight is 355 g/mol. The fraction of sp³-hybridized carbons (Fsp3) is 0.300. The molecule has 6 heteroatoms. The number of hydrogen-bond donors (Lipinski definition) is 1. The number of amides is 2. The lowest BCUT2D eigenvalue weighted by Gasteiger charge is -2.40. The highest BCUT2D eigenvalue weighted by Gasteiger charge is 2.34. The second-order valence-corrected chi connectivity index (χ2v) is 6.34. The van der Waals surface area contributed by atoms with Crippen molar-refractivity contribution < 1.29 is 14.0 Å². The Morgan fingerprint density at radius 3 is 2.42 bits per heavy atom. The predicted octanol–water partition coefficient (Wildman–Crippen LogP) is 1.90. The third-order valence-corrected chi connectivity index (χ3v) is 4.65. The molecular weight excluding hydrogens is 333 g/mol. The van der Waals surface area contributed by atoms with Crippen molar-refractivity contribution in [1.82, 2.24) is 15.1 Å². The normalized spacial score (nSPS) is 17.8. The number of nitrogens with one attached hydrogen (secondary N) is 1. The molecule has 3 rings (SSSR count). The molecule has 0 aliphatic carbocycles. The van der Waals surface area contributed by atoms with Gasteiger partial charge in [-0.15, -0.1) is 0 Å². The monoisotopic (exact) mass is 355 g/mol. The fourth-order valence-corrected chi connectivity index (χ4v) is 3.20. The van der Waals surface area contributed by atoms with Gasteiger partial charge < -0.3 is 10.2 Å². The topological polar surface area (TPSA) is 52.7 Å². The second kappa shape index (κ2) is 8.10. The standard InChI is InChI=1S/C20H22FN3O2/c1-22-19(25)18-14-24(20(26)16-7-9-17(21)10-8-16)12-11-23(18)13-15-5-3-2-4-6-15/h2-10,18H,11-14H2,1H3,(H,22,25). The molecule has 1 aliphatic heterocycles. The molecule has 0 radical (unpaired) electrons.